The summed E-state index contributed by atoms with van der Waals surface area (Å²) < 4.78 is 5.80. The molecule has 2 amide bonds. The molecule has 1 heterocycles. The molecule has 9 heteroatoms. The molecule has 0 aliphatic carbocycles. The zero-order valence-corrected chi connectivity index (χ0v) is 15.1. The molecule has 0 unspecified atom stereocenters. The van der Waals surface area contributed by atoms with E-state index < -0.39 is 6.03 Å². The van der Waals surface area contributed by atoms with Crippen LogP contribution in [0.1, 0.15) is 31.7 Å². The van der Waals surface area contributed by atoms with E-state index in [4.69, 9.17) is 30.0 Å². The van der Waals surface area contributed by atoms with Crippen molar-refractivity contribution in [1.82, 2.24) is 10.5 Å². The van der Waals surface area contributed by atoms with E-state index in [1.165, 1.54) is 7.05 Å². The van der Waals surface area contributed by atoms with Crippen LogP contribution in [-0.4, -0.2) is 31.9 Å². The molecule has 7 nitrogen and oxygen atoms in total. The highest BCUT2D eigenvalue weighted by atomic mass is 35.5. The van der Waals surface area contributed by atoms with Crippen molar-refractivity contribution in [3.8, 4) is 0 Å². The molecule has 132 valence electrons. The zero-order valence-electron chi connectivity index (χ0n) is 14.3. The Balaban J connectivity index is 2.10. The molecule has 2 radical (unpaired) electrons. The van der Waals surface area contributed by atoms with Gasteiger partial charge in [0.05, 0.1) is 5.69 Å². The fourth-order valence-electron chi connectivity index (χ4n) is 2.36. The summed E-state index contributed by atoms with van der Waals surface area (Å²) in [6, 6.07) is 4.73. The number of hydrogen-bond acceptors (Lipinski definition) is 5. The smallest absolute Gasteiger partial charge is 0.334 e. The highest BCUT2D eigenvalue weighted by Crippen LogP contribution is 2.27. The lowest BCUT2D eigenvalue weighted by molar-refractivity contribution is 0.211. The van der Waals surface area contributed by atoms with E-state index in [0.717, 1.165) is 29.1 Å². The number of halogens is 1. The van der Waals surface area contributed by atoms with Crippen LogP contribution in [0.5, 0.6) is 0 Å². The Kier molecular flexibility index (Phi) is 6.86. The molecule has 4 N–H and O–H groups in total. The van der Waals surface area contributed by atoms with Gasteiger partial charge in [-0.15, -0.1) is 0 Å². The van der Waals surface area contributed by atoms with Gasteiger partial charge in [0.1, 0.15) is 14.5 Å². The Morgan fingerprint density at radius 2 is 2.24 bits per heavy atom. The van der Waals surface area contributed by atoms with E-state index in [2.05, 4.69) is 15.7 Å². The number of benzene rings is 1. The number of urea groups is 1. The van der Waals surface area contributed by atoms with Gasteiger partial charge in [0, 0.05) is 29.8 Å². The van der Waals surface area contributed by atoms with Crippen LogP contribution in [0.25, 0.3) is 0 Å². The van der Waals surface area contributed by atoms with Crippen molar-refractivity contribution in [3.05, 3.63) is 40.0 Å². The van der Waals surface area contributed by atoms with E-state index >= 15 is 0 Å². The minimum atomic E-state index is -0.479. The molecular weight excluding hydrogens is 340 g/mol. The zero-order chi connectivity index (χ0) is 18.4. The van der Waals surface area contributed by atoms with Crippen LogP contribution >= 0.6 is 11.6 Å². The van der Waals surface area contributed by atoms with E-state index in [1.54, 1.807) is 18.2 Å². The fraction of sp³-hybridized carbons (Fsp3) is 0.375. The quantitative estimate of drug-likeness (QED) is 0.427. The van der Waals surface area contributed by atoms with E-state index in [0.29, 0.717) is 28.6 Å². The van der Waals surface area contributed by atoms with Crippen molar-refractivity contribution in [2.24, 2.45) is 10.8 Å². The summed E-state index contributed by atoms with van der Waals surface area (Å²) >= 11 is 6.26. The minimum absolute atomic E-state index is 0.184. The Labute approximate surface area is 153 Å². The van der Waals surface area contributed by atoms with Crippen LogP contribution in [0.2, 0.25) is 5.02 Å². The molecule has 0 saturated heterocycles. The predicted molar refractivity (Wildman–Crippen MR) is 100 cm³/mol. The molecule has 0 fully saturated rings. The van der Waals surface area contributed by atoms with Gasteiger partial charge in [0.25, 0.3) is 0 Å². The number of aliphatic imine (C=N–C) groups is 1. The van der Waals surface area contributed by atoms with Crippen molar-refractivity contribution >= 4 is 37.1 Å². The van der Waals surface area contributed by atoms with Gasteiger partial charge in [0.15, 0.2) is 5.90 Å². The van der Waals surface area contributed by atoms with Crippen LogP contribution in [0.3, 0.4) is 0 Å². The molecule has 0 atom stereocenters. The number of nitrogens with one attached hydrogen (secondary N) is 2. The van der Waals surface area contributed by atoms with Gasteiger partial charge >= 0.3 is 6.03 Å². The Morgan fingerprint density at radius 1 is 1.48 bits per heavy atom. The lowest BCUT2D eigenvalue weighted by Crippen LogP contribution is -2.46. The number of hydrogen-bond donors (Lipinski definition) is 3. The lowest BCUT2D eigenvalue weighted by atomic mass is 9.87. The van der Waals surface area contributed by atoms with E-state index in [9.17, 15) is 4.79 Å². The van der Waals surface area contributed by atoms with Crippen molar-refractivity contribution in [2.75, 3.05) is 12.4 Å². The van der Waals surface area contributed by atoms with Crippen molar-refractivity contribution in [1.29, 1.82) is 0 Å². The normalized spacial score (nSPS) is 14.4. The standard InChI is InChI=1S/C16H21BClN5O2/c1-3-13-11(17)7-8-15(20-13)25-9-10-12(18)5-4-6-14(10)21-16(24)22-23(2)19/h4-6H,3,7-9,19H2,1-2H3,(H2,21,22,24). The number of rotatable bonds is 5. The van der Waals surface area contributed by atoms with Crippen molar-refractivity contribution in [2.45, 2.75) is 32.8 Å². The Bertz CT molecular complexity index is 706. The number of carbonyl (C=O) groups is 1. The first-order valence-electron chi connectivity index (χ1n) is 7.92. The first-order valence-corrected chi connectivity index (χ1v) is 8.29. The molecular formula is C16H21BClN5O2. The van der Waals surface area contributed by atoms with Crippen LogP contribution in [0, 0.1) is 0 Å². The van der Waals surface area contributed by atoms with Crippen LogP contribution < -0.4 is 16.6 Å². The Morgan fingerprint density at radius 3 is 2.92 bits per heavy atom. The highest BCUT2D eigenvalue weighted by Gasteiger charge is 2.15. The number of amides is 2. The van der Waals surface area contributed by atoms with Gasteiger partial charge in [-0.05, 0) is 25.0 Å². The van der Waals surface area contributed by atoms with Crippen LogP contribution in [0.15, 0.2) is 34.4 Å². The maximum Gasteiger partial charge on any atom is 0.334 e. The van der Waals surface area contributed by atoms with Crippen LogP contribution in [0.4, 0.5) is 10.5 Å². The molecule has 1 aliphatic heterocycles. The van der Waals surface area contributed by atoms with Gasteiger partial charge < -0.3 is 10.1 Å². The molecule has 1 aromatic carbocycles. The number of allylic oxidation sites excluding steroid dienone is 2. The van der Waals surface area contributed by atoms with Crippen molar-refractivity contribution in [3.63, 3.8) is 0 Å². The third kappa shape index (κ3) is 5.49. The third-order valence-electron chi connectivity index (χ3n) is 3.60. The summed E-state index contributed by atoms with van der Waals surface area (Å²) in [6.07, 6.45) is 2.12. The molecule has 0 aromatic heterocycles. The first-order chi connectivity index (χ1) is 11.9. The number of carbonyl (C=O) groups excluding carboxylic acids is 1. The van der Waals surface area contributed by atoms with Gasteiger partial charge in [-0.25, -0.2) is 9.79 Å². The average molecular weight is 362 g/mol. The molecule has 1 aromatic rings. The second-order valence-electron chi connectivity index (χ2n) is 5.56. The van der Waals surface area contributed by atoms with Crippen LogP contribution in [-0.2, 0) is 11.3 Å². The first kappa shape index (κ1) is 19.3. The Hall–Kier alpha value is -2.03. The van der Waals surface area contributed by atoms with Gasteiger partial charge in [-0.2, -0.15) is 5.12 Å². The lowest BCUT2D eigenvalue weighted by Gasteiger charge is -2.19. The second-order valence-corrected chi connectivity index (χ2v) is 5.97. The average Bonchev–Trinajstić information content (AvgIpc) is 2.54. The molecule has 1 aliphatic rings. The SMILES string of the molecule is [B]C1=C(CC)N=C(OCc2c(Cl)cccc2NC(=O)NN(C)N)CC1. The summed E-state index contributed by atoms with van der Waals surface area (Å²) in [7, 11) is 7.44. The molecule has 2 rings (SSSR count). The van der Waals surface area contributed by atoms with Gasteiger partial charge in [0.2, 0.25) is 0 Å². The molecule has 0 bridgehead atoms. The molecule has 0 saturated carbocycles. The van der Waals surface area contributed by atoms with Crippen molar-refractivity contribution < 1.29 is 9.53 Å². The number of ether oxygens (including phenoxy) is 1. The monoisotopic (exact) mass is 361 g/mol. The second kappa shape index (κ2) is 8.89. The molecule has 0 spiro atoms. The number of anilines is 1. The predicted octanol–water partition coefficient (Wildman–Crippen LogP) is 2.68. The summed E-state index contributed by atoms with van der Waals surface area (Å²) in [4.78, 5) is 16.3. The maximum absolute atomic E-state index is 11.8. The third-order valence-corrected chi connectivity index (χ3v) is 3.96. The molecule has 25 heavy (non-hydrogen) atoms. The number of nitrogens with zero attached hydrogens (tertiary/aromatic N) is 2. The highest BCUT2D eigenvalue weighted by molar-refractivity contribution is 6.31. The summed E-state index contributed by atoms with van der Waals surface area (Å²) in [6.45, 7) is 2.18. The number of hydrazine groups is 2. The summed E-state index contributed by atoms with van der Waals surface area (Å²) in [5.41, 5.74) is 5.24. The number of nitrogens with two attached hydrogens (primary N) is 1. The summed E-state index contributed by atoms with van der Waals surface area (Å²) in [5.74, 6) is 6.00. The maximum atomic E-state index is 11.8. The largest absolute Gasteiger partial charge is 0.476 e. The fourth-order valence-corrected chi connectivity index (χ4v) is 2.59. The van der Waals surface area contributed by atoms with Gasteiger partial charge in [-0.1, -0.05) is 30.1 Å². The van der Waals surface area contributed by atoms with Gasteiger partial charge in [-0.3, -0.25) is 11.3 Å². The van der Waals surface area contributed by atoms with E-state index in [1.807, 2.05) is 6.92 Å². The van der Waals surface area contributed by atoms with E-state index in [-0.39, 0.29) is 6.61 Å². The topological polar surface area (TPSA) is 92.0 Å². The minimum Gasteiger partial charge on any atom is -0.476 e. The summed E-state index contributed by atoms with van der Waals surface area (Å²) in [5, 5.41) is 4.23.